The van der Waals surface area contributed by atoms with Crippen molar-refractivity contribution in [1.82, 2.24) is 15.0 Å². The van der Waals surface area contributed by atoms with Crippen LogP contribution in [0.2, 0.25) is 0 Å². The van der Waals surface area contributed by atoms with E-state index >= 15 is 0 Å². The summed E-state index contributed by atoms with van der Waals surface area (Å²) in [5.41, 5.74) is 6.26. The number of ether oxygens (including phenoxy) is 1. The summed E-state index contributed by atoms with van der Waals surface area (Å²) >= 11 is 0. The molecule has 3 rings (SSSR count). The first-order valence-corrected chi connectivity index (χ1v) is 7.42. The topological polar surface area (TPSA) is 144 Å². The van der Waals surface area contributed by atoms with Gasteiger partial charge in [-0.15, -0.1) is 5.10 Å². The number of aliphatic hydroxyl groups excluding tert-OH is 3. The van der Waals surface area contributed by atoms with Crippen molar-refractivity contribution < 1.29 is 24.9 Å². The van der Waals surface area contributed by atoms with Gasteiger partial charge in [-0.05, 0) is 5.56 Å². The van der Waals surface area contributed by atoms with Crippen molar-refractivity contribution in [1.29, 1.82) is 0 Å². The molecule has 128 valence electrons. The number of amides is 1. The van der Waals surface area contributed by atoms with E-state index in [2.05, 4.69) is 10.3 Å². The van der Waals surface area contributed by atoms with Crippen LogP contribution in [0.25, 0.3) is 0 Å². The van der Waals surface area contributed by atoms with Crippen LogP contribution in [0.4, 0.5) is 0 Å². The predicted molar refractivity (Wildman–Crippen MR) is 80.8 cm³/mol. The van der Waals surface area contributed by atoms with Crippen LogP contribution in [-0.2, 0) is 11.3 Å². The molecular formula is C15H18N4O5. The lowest BCUT2D eigenvalue weighted by Gasteiger charge is -2.17. The lowest BCUT2D eigenvalue weighted by molar-refractivity contribution is -0.0253. The maximum Gasteiger partial charge on any atom is 0.271 e. The monoisotopic (exact) mass is 334 g/mol. The number of carbonyl (C=O) groups excluding carboxylic acids is 1. The molecule has 1 aromatic heterocycles. The molecule has 1 amide bonds. The molecule has 2 heterocycles. The summed E-state index contributed by atoms with van der Waals surface area (Å²) in [6.45, 7) is -0.191. The molecule has 1 aromatic carbocycles. The first kappa shape index (κ1) is 16.5. The Bertz CT molecular complexity index is 720. The summed E-state index contributed by atoms with van der Waals surface area (Å²) in [5.74, 6) is -0.818. The maximum atomic E-state index is 11.6. The number of nitrogens with zero attached hydrogens (tertiary/aromatic N) is 3. The molecular weight excluding hydrogens is 316 g/mol. The molecule has 1 fully saturated rings. The van der Waals surface area contributed by atoms with Gasteiger partial charge in [0.05, 0.1) is 13.2 Å². The van der Waals surface area contributed by atoms with E-state index in [0.29, 0.717) is 0 Å². The van der Waals surface area contributed by atoms with Gasteiger partial charge in [0.25, 0.3) is 5.91 Å². The quantitative estimate of drug-likeness (QED) is 0.525. The standard InChI is InChI=1S/C15H18N4O5/c16-15(23)10-11(14-13(22)12(21)9(7-20)24-14)19(18-17-10)6-8-4-2-1-3-5-8/h1-5,9,12-14,20-22H,6-7H2,(H2,16,23)/t9-,12?,13?,14+/m1/s1. The van der Waals surface area contributed by atoms with E-state index in [1.54, 1.807) is 0 Å². The zero-order valence-corrected chi connectivity index (χ0v) is 12.7. The van der Waals surface area contributed by atoms with E-state index in [9.17, 15) is 20.1 Å². The number of benzene rings is 1. The van der Waals surface area contributed by atoms with E-state index in [1.165, 1.54) is 4.68 Å². The zero-order chi connectivity index (χ0) is 17.3. The lowest BCUT2D eigenvalue weighted by atomic mass is 10.0. The maximum absolute atomic E-state index is 11.6. The summed E-state index contributed by atoms with van der Waals surface area (Å²) < 4.78 is 6.89. The van der Waals surface area contributed by atoms with Gasteiger partial charge in [-0.3, -0.25) is 4.79 Å². The number of aromatic nitrogens is 3. The smallest absolute Gasteiger partial charge is 0.271 e. The van der Waals surface area contributed by atoms with Crippen molar-refractivity contribution in [3.63, 3.8) is 0 Å². The second-order valence-corrected chi connectivity index (χ2v) is 5.59. The second-order valence-electron chi connectivity index (χ2n) is 5.59. The Labute approximate surface area is 137 Å². The predicted octanol–water partition coefficient (Wildman–Crippen LogP) is -1.42. The van der Waals surface area contributed by atoms with Crippen molar-refractivity contribution in [2.24, 2.45) is 5.73 Å². The highest BCUT2D eigenvalue weighted by atomic mass is 16.6. The van der Waals surface area contributed by atoms with Gasteiger partial charge < -0.3 is 25.8 Å². The van der Waals surface area contributed by atoms with Crippen LogP contribution in [0.3, 0.4) is 0 Å². The fourth-order valence-corrected chi connectivity index (χ4v) is 2.78. The second kappa shape index (κ2) is 6.65. The summed E-state index contributed by atoms with van der Waals surface area (Å²) in [6.07, 6.45) is -4.67. The van der Waals surface area contributed by atoms with Crippen LogP contribution in [0.5, 0.6) is 0 Å². The first-order valence-electron chi connectivity index (χ1n) is 7.42. The average molecular weight is 334 g/mol. The molecule has 2 aromatic rings. The normalized spacial score (nSPS) is 26.6. The van der Waals surface area contributed by atoms with Crippen molar-refractivity contribution in [2.45, 2.75) is 31.0 Å². The van der Waals surface area contributed by atoms with Gasteiger partial charge in [-0.2, -0.15) is 0 Å². The number of carbonyl (C=O) groups is 1. The van der Waals surface area contributed by atoms with E-state index in [1.807, 2.05) is 30.3 Å². The Morgan fingerprint density at radius 3 is 2.54 bits per heavy atom. The number of aliphatic hydroxyl groups is 3. The van der Waals surface area contributed by atoms with Gasteiger partial charge in [0.1, 0.15) is 30.1 Å². The summed E-state index contributed by atoms with van der Waals surface area (Å²) in [7, 11) is 0. The van der Waals surface area contributed by atoms with Crippen molar-refractivity contribution >= 4 is 5.91 Å². The zero-order valence-electron chi connectivity index (χ0n) is 12.7. The van der Waals surface area contributed by atoms with Gasteiger partial charge >= 0.3 is 0 Å². The summed E-state index contributed by atoms with van der Waals surface area (Å²) in [5, 5.41) is 37.1. The van der Waals surface area contributed by atoms with E-state index in [4.69, 9.17) is 10.5 Å². The molecule has 4 atom stereocenters. The minimum Gasteiger partial charge on any atom is -0.394 e. The average Bonchev–Trinajstić information content (AvgIpc) is 3.11. The van der Waals surface area contributed by atoms with Crippen molar-refractivity contribution in [3.8, 4) is 0 Å². The highest BCUT2D eigenvalue weighted by Crippen LogP contribution is 2.34. The highest BCUT2D eigenvalue weighted by molar-refractivity contribution is 5.91. The van der Waals surface area contributed by atoms with Crippen LogP contribution >= 0.6 is 0 Å². The van der Waals surface area contributed by atoms with Gasteiger partial charge in [0.2, 0.25) is 0 Å². The lowest BCUT2D eigenvalue weighted by Crippen LogP contribution is -2.33. The van der Waals surface area contributed by atoms with Crippen molar-refractivity contribution in [2.75, 3.05) is 6.61 Å². The number of nitrogens with two attached hydrogens (primary N) is 1. The molecule has 1 aliphatic heterocycles. The Balaban J connectivity index is 1.99. The van der Waals surface area contributed by atoms with E-state index in [-0.39, 0.29) is 17.9 Å². The van der Waals surface area contributed by atoms with Gasteiger partial charge in [0, 0.05) is 0 Å². The number of rotatable bonds is 5. The molecule has 0 saturated carbocycles. The summed E-state index contributed by atoms with van der Waals surface area (Å²) in [4.78, 5) is 11.6. The first-order chi connectivity index (χ1) is 11.5. The molecule has 5 N–H and O–H groups in total. The molecule has 2 unspecified atom stereocenters. The molecule has 9 nitrogen and oxygen atoms in total. The largest absolute Gasteiger partial charge is 0.394 e. The minimum atomic E-state index is -1.34. The molecule has 0 aliphatic carbocycles. The molecule has 0 radical (unpaired) electrons. The molecule has 0 spiro atoms. The SMILES string of the molecule is NC(=O)c1nnn(Cc2ccccc2)c1[C@@H]1O[C@H](CO)C(O)C1O. The molecule has 24 heavy (non-hydrogen) atoms. The van der Waals surface area contributed by atoms with E-state index < -0.39 is 36.9 Å². The third-order valence-corrected chi connectivity index (χ3v) is 3.99. The fraction of sp³-hybridized carbons (Fsp3) is 0.400. The molecule has 1 saturated heterocycles. The van der Waals surface area contributed by atoms with Crippen LogP contribution in [0.1, 0.15) is 27.8 Å². The van der Waals surface area contributed by atoms with Gasteiger partial charge in [-0.1, -0.05) is 35.5 Å². The Kier molecular flexibility index (Phi) is 4.58. The Morgan fingerprint density at radius 1 is 1.25 bits per heavy atom. The third-order valence-electron chi connectivity index (χ3n) is 3.99. The summed E-state index contributed by atoms with van der Waals surface area (Å²) in [6, 6.07) is 9.31. The third kappa shape index (κ3) is 2.89. The highest BCUT2D eigenvalue weighted by Gasteiger charge is 2.46. The van der Waals surface area contributed by atoms with Crippen LogP contribution in [0.15, 0.2) is 30.3 Å². The molecule has 1 aliphatic rings. The molecule has 0 bridgehead atoms. The van der Waals surface area contributed by atoms with E-state index in [0.717, 1.165) is 5.56 Å². The Morgan fingerprint density at radius 2 is 1.96 bits per heavy atom. The Hall–Kier alpha value is -2.33. The number of hydrogen-bond acceptors (Lipinski definition) is 7. The number of primary amides is 1. The van der Waals surface area contributed by atoms with Gasteiger partial charge in [0.15, 0.2) is 5.69 Å². The minimum absolute atomic E-state index is 0.138. The number of hydrogen-bond donors (Lipinski definition) is 4. The molecule has 9 heteroatoms. The van der Waals surface area contributed by atoms with Crippen molar-refractivity contribution in [3.05, 3.63) is 47.3 Å². The van der Waals surface area contributed by atoms with Crippen LogP contribution < -0.4 is 5.73 Å². The van der Waals surface area contributed by atoms with Crippen LogP contribution in [-0.4, -0.2) is 61.1 Å². The van der Waals surface area contributed by atoms with Gasteiger partial charge in [-0.25, -0.2) is 4.68 Å². The van der Waals surface area contributed by atoms with Crippen LogP contribution in [0, 0.1) is 0 Å². The fourth-order valence-electron chi connectivity index (χ4n) is 2.78.